The summed E-state index contributed by atoms with van der Waals surface area (Å²) >= 11 is 6.13. The zero-order valence-electron chi connectivity index (χ0n) is 25.2. The van der Waals surface area contributed by atoms with Crippen molar-refractivity contribution in [3.63, 3.8) is 0 Å². The predicted molar refractivity (Wildman–Crippen MR) is 170 cm³/mol. The lowest BCUT2D eigenvalue weighted by Gasteiger charge is -2.35. The van der Waals surface area contributed by atoms with Crippen LogP contribution in [0.25, 0.3) is 0 Å². The van der Waals surface area contributed by atoms with E-state index in [0.717, 1.165) is 31.7 Å². The first-order chi connectivity index (χ1) is 19.8. The van der Waals surface area contributed by atoms with Crippen molar-refractivity contribution in [2.24, 2.45) is 0 Å². The molecule has 0 aromatic heterocycles. The van der Waals surface area contributed by atoms with Crippen molar-refractivity contribution >= 4 is 39.3 Å². The minimum atomic E-state index is -4.06. The van der Waals surface area contributed by atoms with Gasteiger partial charge in [-0.1, -0.05) is 73.1 Å². The Morgan fingerprint density at radius 3 is 2.17 bits per heavy atom. The number of rotatable bonds is 13. The number of carbonyl (C=O) groups is 2. The molecule has 0 heterocycles. The third-order valence-electron chi connectivity index (χ3n) is 7.19. The van der Waals surface area contributed by atoms with E-state index in [4.69, 9.17) is 11.6 Å². The van der Waals surface area contributed by atoms with E-state index >= 15 is 0 Å². The molecule has 0 spiro atoms. The van der Waals surface area contributed by atoms with Gasteiger partial charge >= 0.3 is 10.2 Å². The van der Waals surface area contributed by atoms with Gasteiger partial charge in [0.25, 0.3) is 0 Å². The van der Waals surface area contributed by atoms with Gasteiger partial charge in [-0.15, -0.1) is 0 Å². The van der Waals surface area contributed by atoms with E-state index in [1.165, 1.54) is 19.0 Å². The van der Waals surface area contributed by atoms with Crippen molar-refractivity contribution in [3.05, 3.63) is 100 Å². The van der Waals surface area contributed by atoms with Gasteiger partial charge in [0.15, 0.2) is 0 Å². The fraction of sp³-hybridized carbons (Fsp3) is 0.375. The maximum absolute atomic E-state index is 14.4. The first kappa shape index (κ1) is 33.1. The van der Waals surface area contributed by atoms with Crippen molar-refractivity contribution < 1.29 is 18.0 Å². The minimum Gasteiger partial charge on any atom is -0.352 e. The van der Waals surface area contributed by atoms with E-state index in [9.17, 15) is 18.0 Å². The van der Waals surface area contributed by atoms with Crippen LogP contribution in [0.2, 0.25) is 5.02 Å². The van der Waals surface area contributed by atoms with Gasteiger partial charge in [-0.25, -0.2) is 4.31 Å². The normalized spacial score (nSPS) is 13.0. The fourth-order valence-electron chi connectivity index (χ4n) is 4.47. The number of aryl methyl sites for hydroxylation is 2. The van der Waals surface area contributed by atoms with E-state index in [-0.39, 0.29) is 24.9 Å². The van der Waals surface area contributed by atoms with E-state index < -0.39 is 28.7 Å². The summed E-state index contributed by atoms with van der Waals surface area (Å²) in [4.78, 5) is 29.6. The number of hydrogen-bond donors (Lipinski definition) is 1. The van der Waals surface area contributed by atoms with Crippen molar-refractivity contribution in [1.82, 2.24) is 14.5 Å². The molecular formula is C32H41ClN4O4S. The van der Waals surface area contributed by atoms with Crippen molar-refractivity contribution in [1.29, 1.82) is 0 Å². The second-order valence-electron chi connectivity index (χ2n) is 10.8. The fourth-order valence-corrected chi connectivity index (χ4v) is 5.71. The maximum Gasteiger partial charge on any atom is 0.304 e. The second kappa shape index (κ2) is 14.7. The third-order valence-corrected chi connectivity index (χ3v) is 9.25. The number of amides is 2. The van der Waals surface area contributed by atoms with Gasteiger partial charge in [0.05, 0.1) is 5.69 Å². The molecule has 0 fully saturated rings. The van der Waals surface area contributed by atoms with Gasteiger partial charge in [0.1, 0.15) is 12.6 Å². The summed E-state index contributed by atoms with van der Waals surface area (Å²) < 4.78 is 29.4. The Labute approximate surface area is 255 Å². The van der Waals surface area contributed by atoms with Gasteiger partial charge in [0, 0.05) is 38.1 Å². The van der Waals surface area contributed by atoms with Crippen LogP contribution >= 0.6 is 11.6 Å². The molecule has 10 heteroatoms. The molecule has 0 unspecified atom stereocenters. The summed E-state index contributed by atoms with van der Waals surface area (Å²) in [6.07, 6.45) is 0.975. The molecule has 0 aliphatic heterocycles. The maximum atomic E-state index is 14.4. The first-order valence-corrected chi connectivity index (χ1v) is 15.8. The number of nitrogens with one attached hydrogen (secondary N) is 1. The molecular weight excluding hydrogens is 572 g/mol. The van der Waals surface area contributed by atoms with Crippen LogP contribution in [0.1, 0.15) is 42.5 Å². The summed E-state index contributed by atoms with van der Waals surface area (Å²) in [6, 6.07) is 21.0. The molecule has 2 atom stereocenters. The topological polar surface area (TPSA) is 90.0 Å². The SMILES string of the molecule is CC[C@@H](C)NC(=O)[C@@H](Cc1ccccc1)N(Cc1ccc(Cl)cc1)C(=O)CN(c1cc(C)ccc1C)S(=O)(=O)N(C)C. The standard InChI is InChI=1S/C32H41ClN4O4S/c1-7-25(4)34-32(39)30(20-26-11-9-8-10-12-26)36(21-27-15-17-28(33)18-16-27)31(38)22-37(42(40,41)35(5)6)29-19-23(2)13-14-24(29)3/h8-19,25,30H,7,20-22H2,1-6H3,(H,34,39)/t25-,30-/m1/s1. The zero-order chi connectivity index (χ0) is 31.0. The highest BCUT2D eigenvalue weighted by atomic mass is 35.5. The summed E-state index contributed by atoms with van der Waals surface area (Å²) in [7, 11) is -1.20. The lowest BCUT2D eigenvalue weighted by molar-refractivity contribution is -0.140. The van der Waals surface area contributed by atoms with Crippen LogP contribution in [0, 0.1) is 13.8 Å². The monoisotopic (exact) mass is 612 g/mol. The van der Waals surface area contributed by atoms with Crippen molar-refractivity contribution in [2.45, 2.75) is 59.2 Å². The van der Waals surface area contributed by atoms with Gasteiger partial charge in [-0.2, -0.15) is 12.7 Å². The molecule has 0 aliphatic carbocycles. The minimum absolute atomic E-state index is 0.0874. The molecule has 8 nitrogen and oxygen atoms in total. The highest BCUT2D eigenvalue weighted by Gasteiger charge is 2.35. The molecule has 42 heavy (non-hydrogen) atoms. The van der Waals surface area contributed by atoms with Crippen molar-refractivity contribution in [2.75, 3.05) is 24.9 Å². The lowest BCUT2D eigenvalue weighted by Crippen LogP contribution is -2.55. The average Bonchev–Trinajstić information content (AvgIpc) is 2.96. The van der Waals surface area contributed by atoms with Gasteiger partial charge in [-0.05, 0) is 67.6 Å². The number of halogens is 1. The van der Waals surface area contributed by atoms with Crippen LogP contribution in [0.5, 0.6) is 0 Å². The summed E-state index contributed by atoms with van der Waals surface area (Å²) in [5, 5.41) is 3.58. The largest absolute Gasteiger partial charge is 0.352 e. The van der Waals surface area contributed by atoms with Gasteiger partial charge in [-0.3, -0.25) is 9.59 Å². The number of nitrogens with zero attached hydrogens (tertiary/aromatic N) is 3. The molecule has 0 bridgehead atoms. The molecule has 1 N–H and O–H groups in total. The predicted octanol–water partition coefficient (Wildman–Crippen LogP) is 5.12. The van der Waals surface area contributed by atoms with E-state index in [2.05, 4.69) is 5.32 Å². The van der Waals surface area contributed by atoms with E-state index in [0.29, 0.717) is 16.3 Å². The Hall–Kier alpha value is -3.40. The molecule has 0 radical (unpaired) electrons. The second-order valence-corrected chi connectivity index (χ2v) is 13.3. The van der Waals surface area contributed by atoms with Crippen LogP contribution in [-0.2, 0) is 32.8 Å². The highest BCUT2D eigenvalue weighted by Crippen LogP contribution is 2.26. The third kappa shape index (κ3) is 8.56. The number of anilines is 1. The first-order valence-electron chi connectivity index (χ1n) is 14.0. The Kier molecular flexibility index (Phi) is 11.6. The Balaban J connectivity index is 2.13. The van der Waals surface area contributed by atoms with Crippen molar-refractivity contribution in [3.8, 4) is 0 Å². The smallest absolute Gasteiger partial charge is 0.304 e. The summed E-state index contributed by atoms with van der Waals surface area (Å²) in [5.74, 6) is -0.805. The summed E-state index contributed by atoms with van der Waals surface area (Å²) in [5.41, 5.74) is 3.61. The van der Waals surface area contributed by atoms with Crippen LogP contribution in [-0.4, -0.2) is 62.2 Å². The van der Waals surface area contributed by atoms with Crippen LogP contribution in [0.4, 0.5) is 5.69 Å². The molecule has 3 rings (SSSR count). The van der Waals surface area contributed by atoms with Gasteiger partial charge in [0.2, 0.25) is 11.8 Å². The van der Waals surface area contributed by atoms with Gasteiger partial charge < -0.3 is 10.2 Å². The number of benzene rings is 3. The number of hydrogen-bond acceptors (Lipinski definition) is 4. The van der Waals surface area contributed by atoms with Crippen LogP contribution in [0.15, 0.2) is 72.8 Å². The molecule has 3 aromatic rings. The molecule has 0 aliphatic rings. The van der Waals surface area contributed by atoms with Crippen LogP contribution < -0.4 is 9.62 Å². The zero-order valence-corrected chi connectivity index (χ0v) is 26.7. The summed E-state index contributed by atoms with van der Waals surface area (Å²) in [6.45, 7) is 7.16. The number of carbonyl (C=O) groups excluding carboxylic acids is 2. The molecule has 3 aromatic carbocycles. The quantitative estimate of drug-likeness (QED) is 0.290. The highest BCUT2D eigenvalue weighted by molar-refractivity contribution is 7.90. The molecule has 0 saturated carbocycles. The molecule has 2 amide bonds. The lowest BCUT2D eigenvalue weighted by atomic mass is 10.0. The Morgan fingerprint density at radius 2 is 1.57 bits per heavy atom. The van der Waals surface area contributed by atoms with Crippen LogP contribution in [0.3, 0.4) is 0 Å². The molecule has 0 saturated heterocycles. The average molecular weight is 613 g/mol. The Morgan fingerprint density at radius 1 is 0.929 bits per heavy atom. The van der Waals surface area contributed by atoms with E-state index in [1.807, 2.05) is 63.2 Å². The molecule has 226 valence electrons. The Bertz CT molecular complexity index is 1460. The van der Waals surface area contributed by atoms with E-state index in [1.54, 1.807) is 37.3 Å².